The molecule has 0 aromatic carbocycles. The molecule has 0 bridgehead atoms. The first-order chi connectivity index (χ1) is 8.49. The van der Waals surface area contributed by atoms with Gasteiger partial charge in [-0.2, -0.15) is 0 Å². The molecule has 3 N–H and O–H groups in total. The van der Waals surface area contributed by atoms with Crippen LogP contribution in [0.4, 0.5) is 0 Å². The zero-order valence-electron chi connectivity index (χ0n) is 11.6. The first-order valence-electron chi connectivity index (χ1n) is 7.06. The summed E-state index contributed by atoms with van der Waals surface area (Å²) in [6, 6.07) is -0.490. The minimum atomic E-state index is -0.785. The van der Waals surface area contributed by atoms with Crippen molar-refractivity contribution in [3.05, 3.63) is 0 Å². The average Bonchev–Trinajstić information content (AvgIpc) is 2.35. The Labute approximate surface area is 110 Å². The summed E-state index contributed by atoms with van der Waals surface area (Å²) in [5, 5.41) is 21.9. The van der Waals surface area contributed by atoms with Crippen LogP contribution >= 0.6 is 0 Å². The number of carboxylic acids is 1. The Morgan fingerprint density at radius 2 is 1.89 bits per heavy atom. The lowest BCUT2D eigenvalue weighted by molar-refractivity contribution is -0.140. The fraction of sp³-hybridized carbons (Fsp3) is 0.929. The Bertz CT molecular complexity index is 260. The summed E-state index contributed by atoms with van der Waals surface area (Å²) < 4.78 is 0. The van der Waals surface area contributed by atoms with Gasteiger partial charge in [-0.25, -0.2) is 0 Å². The second-order valence-corrected chi connectivity index (χ2v) is 6.12. The Hall–Kier alpha value is -0.610. The van der Waals surface area contributed by atoms with Gasteiger partial charge in [0.05, 0.1) is 0 Å². The summed E-state index contributed by atoms with van der Waals surface area (Å²) in [7, 11) is 0. The van der Waals surface area contributed by atoms with Crippen molar-refractivity contribution in [3.8, 4) is 0 Å². The highest BCUT2D eigenvalue weighted by Gasteiger charge is 2.32. The van der Waals surface area contributed by atoms with Gasteiger partial charge >= 0.3 is 5.97 Å². The van der Waals surface area contributed by atoms with E-state index in [0.29, 0.717) is 18.9 Å². The van der Waals surface area contributed by atoms with E-state index in [0.717, 1.165) is 25.7 Å². The van der Waals surface area contributed by atoms with Crippen LogP contribution < -0.4 is 5.32 Å². The number of aliphatic carboxylic acids is 1. The van der Waals surface area contributed by atoms with Crippen LogP contribution in [0.5, 0.6) is 0 Å². The smallest absolute Gasteiger partial charge is 0.320 e. The molecule has 4 heteroatoms. The lowest BCUT2D eigenvalue weighted by atomic mass is 9.74. The molecule has 1 saturated carbocycles. The standard InChI is InChI=1S/C14H27NO3/c1-11(2)8-12(13(17)18)15-9-14(10-16)6-4-3-5-7-14/h11-12,15-16H,3-10H2,1-2H3,(H,17,18). The van der Waals surface area contributed by atoms with Gasteiger partial charge in [0.25, 0.3) is 0 Å². The molecule has 18 heavy (non-hydrogen) atoms. The lowest BCUT2D eigenvalue weighted by Crippen LogP contribution is -2.46. The van der Waals surface area contributed by atoms with E-state index in [1.807, 2.05) is 13.8 Å². The molecular weight excluding hydrogens is 230 g/mol. The van der Waals surface area contributed by atoms with E-state index < -0.39 is 12.0 Å². The first kappa shape index (κ1) is 15.4. The van der Waals surface area contributed by atoms with E-state index in [1.54, 1.807) is 0 Å². The summed E-state index contributed by atoms with van der Waals surface area (Å²) in [4.78, 5) is 11.2. The third-order valence-electron chi connectivity index (χ3n) is 3.98. The summed E-state index contributed by atoms with van der Waals surface area (Å²) in [5.41, 5.74) is -0.0943. The van der Waals surface area contributed by atoms with Gasteiger partial charge in [-0.05, 0) is 25.2 Å². The molecule has 1 rings (SSSR count). The molecule has 1 aliphatic carbocycles. The van der Waals surface area contributed by atoms with Gasteiger partial charge in [0, 0.05) is 18.6 Å². The van der Waals surface area contributed by atoms with Gasteiger partial charge < -0.3 is 15.5 Å². The Morgan fingerprint density at radius 1 is 1.28 bits per heavy atom. The molecule has 106 valence electrons. The second kappa shape index (κ2) is 7.10. The van der Waals surface area contributed by atoms with Crippen molar-refractivity contribution in [3.63, 3.8) is 0 Å². The maximum absolute atomic E-state index is 11.2. The van der Waals surface area contributed by atoms with E-state index in [4.69, 9.17) is 0 Å². The maximum atomic E-state index is 11.2. The molecule has 0 amide bonds. The van der Waals surface area contributed by atoms with Crippen molar-refractivity contribution >= 4 is 5.97 Å². The van der Waals surface area contributed by atoms with Crippen molar-refractivity contribution in [2.75, 3.05) is 13.2 Å². The van der Waals surface area contributed by atoms with Crippen LogP contribution in [0.3, 0.4) is 0 Å². The number of nitrogens with one attached hydrogen (secondary N) is 1. The van der Waals surface area contributed by atoms with Crippen molar-refractivity contribution in [1.29, 1.82) is 0 Å². The number of aliphatic hydroxyl groups excluding tert-OH is 1. The minimum absolute atomic E-state index is 0.0943. The molecular formula is C14H27NO3. The normalized spacial score (nSPS) is 20.9. The van der Waals surface area contributed by atoms with Gasteiger partial charge in [-0.15, -0.1) is 0 Å². The summed E-state index contributed by atoms with van der Waals surface area (Å²) >= 11 is 0. The SMILES string of the molecule is CC(C)CC(NCC1(CO)CCCCC1)C(=O)O. The van der Waals surface area contributed by atoms with E-state index in [2.05, 4.69) is 5.32 Å². The Morgan fingerprint density at radius 3 is 2.33 bits per heavy atom. The summed E-state index contributed by atoms with van der Waals surface area (Å²) in [5.74, 6) is -0.428. The predicted octanol–water partition coefficient (Wildman–Crippen LogP) is 2.02. The van der Waals surface area contributed by atoms with Gasteiger partial charge in [0.2, 0.25) is 0 Å². The monoisotopic (exact) mass is 257 g/mol. The molecule has 0 aromatic heterocycles. The Balaban J connectivity index is 2.51. The summed E-state index contributed by atoms with van der Waals surface area (Å²) in [6.45, 7) is 4.83. The molecule has 0 aliphatic heterocycles. The molecule has 0 spiro atoms. The van der Waals surface area contributed by atoms with Crippen LogP contribution in [0, 0.1) is 11.3 Å². The summed E-state index contributed by atoms with van der Waals surface area (Å²) in [6.07, 6.45) is 6.16. The molecule has 0 aromatic rings. The van der Waals surface area contributed by atoms with Crippen LogP contribution in [0.15, 0.2) is 0 Å². The minimum Gasteiger partial charge on any atom is -0.480 e. The number of hydrogen-bond donors (Lipinski definition) is 3. The number of aliphatic hydroxyl groups is 1. The second-order valence-electron chi connectivity index (χ2n) is 6.12. The quantitative estimate of drug-likeness (QED) is 0.652. The van der Waals surface area contributed by atoms with E-state index in [9.17, 15) is 15.0 Å². The predicted molar refractivity (Wildman–Crippen MR) is 71.5 cm³/mol. The number of hydrogen-bond acceptors (Lipinski definition) is 3. The van der Waals surface area contributed by atoms with Crippen molar-refractivity contribution in [1.82, 2.24) is 5.32 Å². The van der Waals surface area contributed by atoms with Gasteiger partial charge in [0.15, 0.2) is 0 Å². The van der Waals surface area contributed by atoms with E-state index in [-0.39, 0.29) is 12.0 Å². The zero-order valence-corrected chi connectivity index (χ0v) is 11.6. The van der Waals surface area contributed by atoms with Crippen molar-refractivity contribution in [2.24, 2.45) is 11.3 Å². The largest absolute Gasteiger partial charge is 0.480 e. The number of carboxylic acid groups (broad SMARTS) is 1. The van der Waals surface area contributed by atoms with Gasteiger partial charge in [0.1, 0.15) is 6.04 Å². The molecule has 1 atom stereocenters. The van der Waals surface area contributed by atoms with Crippen LogP contribution in [0.1, 0.15) is 52.4 Å². The molecule has 1 fully saturated rings. The highest BCUT2D eigenvalue weighted by Crippen LogP contribution is 2.35. The fourth-order valence-electron chi connectivity index (χ4n) is 2.78. The molecule has 4 nitrogen and oxygen atoms in total. The highest BCUT2D eigenvalue weighted by atomic mass is 16.4. The molecule has 0 saturated heterocycles. The molecule has 1 aliphatic rings. The highest BCUT2D eigenvalue weighted by molar-refractivity contribution is 5.73. The Kier molecular flexibility index (Phi) is 6.09. The van der Waals surface area contributed by atoms with Crippen LogP contribution in [0.25, 0.3) is 0 Å². The number of rotatable bonds is 7. The van der Waals surface area contributed by atoms with Crippen LogP contribution in [0.2, 0.25) is 0 Å². The van der Waals surface area contributed by atoms with E-state index >= 15 is 0 Å². The number of carbonyl (C=O) groups is 1. The molecule has 0 radical (unpaired) electrons. The molecule has 1 unspecified atom stereocenters. The van der Waals surface area contributed by atoms with Gasteiger partial charge in [-0.1, -0.05) is 33.1 Å². The first-order valence-corrected chi connectivity index (χ1v) is 7.06. The van der Waals surface area contributed by atoms with Crippen LogP contribution in [-0.2, 0) is 4.79 Å². The maximum Gasteiger partial charge on any atom is 0.320 e. The van der Waals surface area contributed by atoms with Crippen LogP contribution in [-0.4, -0.2) is 35.4 Å². The topological polar surface area (TPSA) is 69.6 Å². The third kappa shape index (κ3) is 4.58. The average molecular weight is 257 g/mol. The lowest BCUT2D eigenvalue weighted by Gasteiger charge is -2.36. The van der Waals surface area contributed by atoms with E-state index in [1.165, 1.54) is 6.42 Å². The zero-order chi connectivity index (χ0) is 13.6. The van der Waals surface area contributed by atoms with Crippen molar-refractivity contribution < 1.29 is 15.0 Å². The third-order valence-corrected chi connectivity index (χ3v) is 3.98. The van der Waals surface area contributed by atoms with Gasteiger partial charge in [-0.3, -0.25) is 4.79 Å². The fourth-order valence-corrected chi connectivity index (χ4v) is 2.78. The van der Waals surface area contributed by atoms with Crippen molar-refractivity contribution in [2.45, 2.75) is 58.4 Å². The molecule has 0 heterocycles.